The predicted octanol–water partition coefficient (Wildman–Crippen LogP) is 3.89. The first kappa shape index (κ1) is 14.9. The third-order valence-electron chi connectivity index (χ3n) is 4.36. The largest absolute Gasteiger partial charge is 0.399 e. The fourth-order valence-corrected chi connectivity index (χ4v) is 2.97. The highest BCUT2D eigenvalue weighted by Gasteiger charge is 2.17. The highest BCUT2D eigenvalue weighted by molar-refractivity contribution is 5.67. The number of anilines is 1. The molecule has 5 heteroatoms. The lowest BCUT2D eigenvalue weighted by Crippen LogP contribution is -2.18. The summed E-state index contributed by atoms with van der Waals surface area (Å²) in [7, 11) is 0. The van der Waals surface area contributed by atoms with Gasteiger partial charge in [-0.05, 0) is 43.0 Å². The molecule has 2 N–H and O–H groups in total. The van der Waals surface area contributed by atoms with Crippen molar-refractivity contribution in [1.29, 1.82) is 0 Å². The van der Waals surface area contributed by atoms with Crippen LogP contribution in [0.3, 0.4) is 0 Å². The summed E-state index contributed by atoms with van der Waals surface area (Å²) in [5, 5.41) is 4.44. The summed E-state index contributed by atoms with van der Waals surface area (Å²) in [6.45, 7) is 0.814. The Bertz CT molecular complexity index is 802. The van der Waals surface area contributed by atoms with Gasteiger partial charge in [0.05, 0.1) is 11.9 Å². The number of pyridine rings is 1. The first-order valence-corrected chi connectivity index (χ1v) is 8.28. The SMILES string of the molecule is Nc1ccc(-c2ccc(-c3cnn([C@H]4CCCCO4)c3)nc2)cc1. The van der Waals surface area contributed by atoms with E-state index in [1.165, 1.54) is 6.42 Å². The van der Waals surface area contributed by atoms with Crippen molar-refractivity contribution in [3.05, 3.63) is 55.0 Å². The fraction of sp³-hybridized carbons (Fsp3) is 0.263. The second-order valence-electron chi connectivity index (χ2n) is 6.08. The number of benzene rings is 1. The highest BCUT2D eigenvalue weighted by atomic mass is 16.5. The van der Waals surface area contributed by atoms with E-state index in [0.29, 0.717) is 0 Å². The summed E-state index contributed by atoms with van der Waals surface area (Å²) in [5.74, 6) is 0. The Morgan fingerprint density at radius 1 is 0.958 bits per heavy atom. The summed E-state index contributed by atoms with van der Waals surface area (Å²) >= 11 is 0. The zero-order valence-electron chi connectivity index (χ0n) is 13.4. The van der Waals surface area contributed by atoms with Gasteiger partial charge in [-0.15, -0.1) is 0 Å². The van der Waals surface area contributed by atoms with E-state index in [1.807, 2.05) is 53.6 Å². The molecular formula is C19H20N4O. The van der Waals surface area contributed by atoms with E-state index in [-0.39, 0.29) is 6.23 Å². The second kappa shape index (κ2) is 6.45. The molecule has 1 fully saturated rings. The van der Waals surface area contributed by atoms with Crippen LogP contribution in [0.5, 0.6) is 0 Å². The minimum atomic E-state index is 0.0570. The lowest BCUT2D eigenvalue weighted by Gasteiger charge is -2.22. The van der Waals surface area contributed by atoms with E-state index in [2.05, 4.69) is 16.1 Å². The van der Waals surface area contributed by atoms with E-state index >= 15 is 0 Å². The van der Waals surface area contributed by atoms with Crippen LogP contribution in [0.1, 0.15) is 25.5 Å². The molecule has 24 heavy (non-hydrogen) atoms. The summed E-state index contributed by atoms with van der Waals surface area (Å²) in [6.07, 6.45) is 9.15. The first-order chi connectivity index (χ1) is 11.8. The van der Waals surface area contributed by atoms with Gasteiger partial charge in [-0.25, -0.2) is 4.68 Å². The van der Waals surface area contributed by atoms with Gasteiger partial charge < -0.3 is 10.5 Å². The standard InChI is InChI=1S/C19H20N4O/c20-17-7-4-14(5-8-17)15-6-9-18(21-11-15)16-12-22-23(13-16)19-3-1-2-10-24-19/h4-9,11-13,19H,1-3,10,20H2/t19-/m1/s1. The summed E-state index contributed by atoms with van der Waals surface area (Å²) in [6, 6.07) is 11.9. The molecule has 0 aliphatic carbocycles. The van der Waals surface area contributed by atoms with Gasteiger partial charge in [-0.3, -0.25) is 4.98 Å². The monoisotopic (exact) mass is 320 g/mol. The molecule has 1 aliphatic heterocycles. The average Bonchev–Trinajstić information content (AvgIpc) is 3.13. The summed E-state index contributed by atoms with van der Waals surface area (Å²) in [5.41, 5.74) is 10.6. The van der Waals surface area contributed by atoms with Crippen molar-refractivity contribution < 1.29 is 4.74 Å². The van der Waals surface area contributed by atoms with Gasteiger partial charge in [0.1, 0.15) is 6.23 Å². The van der Waals surface area contributed by atoms with E-state index in [0.717, 1.165) is 47.5 Å². The van der Waals surface area contributed by atoms with Crippen LogP contribution in [-0.4, -0.2) is 21.4 Å². The van der Waals surface area contributed by atoms with E-state index in [9.17, 15) is 0 Å². The van der Waals surface area contributed by atoms with Gasteiger partial charge in [0.2, 0.25) is 0 Å². The van der Waals surface area contributed by atoms with Gasteiger partial charge in [0.25, 0.3) is 0 Å². The molecule has 3 aromatic rings. The molecule has 2 aromatic heterocycles. The Balaban J connectivity index is 1.54. The van der Waals surface area contributed by atoms with Crippen LogP contribution in [-0.2, 0) is 4.74 Å². The van der Waals surface area contributed by atoms with E-state index in [1.54, 1.807) is 0 Å². The van der Waals surface area contributed by atoms with Crippen molar-refractivity contribution in [3.63, 3.8) is 0 Å². The molecule has 122 valence electrons. The number of nitrogens with two attached hydrogens (primary N) is 1. The van der Waals surface area contributed by atoms with Crippen molar-refractivity contribution in [1.82, 2.24) is 14.8 Å². The lowest BCUT2D eigenvalue weighted by molar-refractivity contribution is -0.0394. The summed E-state index contributed by atoms with van der Waals surface area (Å²) in [4.78, 5) is 4.58. The lowest BCUT2D eigenvalue weighted by atomic mass is 10.1. The van der Waals surface area contributed by atoms with Gasteiger partial charge in [-0.2, -0.15) is 5.10 Å². The zero-order chi connectivity index (χ0) is 16.4. The molecular weight excluding hydrogens is 300 g/mol. The molecule has 0 spiro atoms. The van der Waals surface area contributed by atoms with Crippen LogP contribution in [0.2, 0.25) is 0 Å². The maximum atomic E-state index is 5.77. The topological polar surface area (TPSA) is 66.0 Å². The number of hydrogen-bond acceptors (Lipinski definition) is 4. The average molecular weight is 320 g/mol. The van der Waals surface area contributed by atoms with Crippen LogP contribution < -0.4 is 5.73 Å². The molecule has 1 aromatic carbocycles. The Labute approximate surface area is 141 Å². The van der Waals surface area contributed by atoms with E-state index in [4.69, 9.17) is 10.5 Å². The maximum Gasteiger partial charge on any atom is 0.150 e. The van der Waals surface area contributed by atoms with Crippen molar-refractivity contribution in [2.45, 2.75) is 25.5 Å². The third kappa shape index (κ3) is 3.03. The molecule has 0 radical (unpaired) electrons. The van der Waals surface area contributed by atoms with E-state index < -0.39 is 0 Å². The van der Waals surface area contributed by atoms with Gasteiger partial charge in [0.15, 0.2) is 0 Å². The quantitative estimate of drug-likeness (QED) is 0.743. The molecule has 1 saturated heterocycles. The van der Waals surface area contributed by atoms with Gasteiger partial charge in [0, 0.05) is 35.8 Å². The molecule has 3 heterocycles. The summed E-state index contributed by atoms with van der Waals surface area (Å²) < 4.78 is 7.68. The van der Waals surface area contributed by atoms with Crippen molar-refractivity contribution in [2.75, 3.05) is 12.3 Å². The number of aromatic nitrogens is 3. The Hall–Kier alpha value is -2.66. The number of hydrogen-bond donors (Lipinski definition) is 1. The normalized spacial score (nSPS) is 17.8. The minimum Gasteiger partial charge on any atom is -0.399 e. The Morgan fingerprint density at radius 3 is 2.50 bits per heavy atom. The molecule has 5 nitrogen and oxygen atoms in total. The molecule has 4 rings (SSSR count). The number of rotatable bonds is 3. The third-order valence-corrected chi connectivity index (χ3v) is 4.36. The highest BCUT2D eigenvalue weighted by Crippen LogP contribution is 2.26. The predicted molar refractivity (Wildman–Crippen MR) is 94.1 cm³/mol. The zero-order valence-corrected chi connectivity index (χ0v) is 13.4. The van der Waals surface area contributed by atoms with Crippen LogP contribution in [0.15, 0.2) is 55.0 Å². The van der Waals surface area contributed by atoms with Crippen LogP contribution in [0.25, 0.3) is 22.4 Å². The smallest absolute Gasteiger partial charge is 0.150 e. The minimum absolute atomic E-state index is 0.0570. The molecule has 1 atom stereocenters. The molecule has 0 bridgehead atoms. The van der Waals surface area contributed by atoms with Crippen LogP contribution in [0.4, 0.5) is 5.69 Å². The number of nitrogens with zero attached hydrogens (tertiary/aromatic N) is 3. The molecule has 0 amide bonds. The Morgan fingerprint density at radius 2 is 1.79 bits per heavy atom. The van der Waals surface area contributed by atoms with Gasteiger partial charge in [-0.1, -0.05) is 18.2 Å². The van der Waals surface area contributed by atoms with Crippen LogP contribution in [0, 0.1) is 0 Å². The molecule has 0 unspecified atom stereocenters. The van der Waals surface area contributed by atoms with Crippen molar-refractivity contribution in [2.24, 2.45) is 0 Å². The van der Waals surface area contributed by atoms with Gasteiger partial charge >= 0.3 is 0 Å². The van der Waals surface area contributed by atoms with Crippen LogP contribution >= 0.6 is 0 Å². The van der Waals surface area contributed by atoms with Crippen molar-refractivity contribution in [3.8, 4) is 22.4 Å². The molecule has 1 aliphatic rings. The fourth-order valence-electron chi connectivity index (χ4n) is 2.97. The maximum absolute atomic E-state index is 5.77. The number of nitrogen functional groups attached to an aromatic ring is 1. The Kier molecular flexibility index (Phi) is 4.01. The first-order valence-electron chi connectivity index (χ1n) is 8.28. The second-order valence-corrected chi connectivity index (χ2v) is 6.08. The van der Waals surface area contributed by atoms with Crippen molar-refractivity contribution >= 4 is 5.69 Å². The number of ether oxygens (including phenoxy) is 1. The molecule has 0 saturated carbocycles.